The van der Waals surface area contributed by atoms with Crippen LogP contribution >= 0.6 is 15.8 Å². The molecule has 0 unspecified atom stereocenters. The third-order valence-corrected chi connectivity index (χ3v) is 13.7. The topological polar surface area (TPSA) is 0 Å². The van der Waals surface area contributed by atoms with Gasteiger partial charge in [0.05, 0.1) is 0 Å². The second kappa shape index (κ2) is 19.5. The third-order valence-electron chi connectivity index (χ3n) is 7.63. The van der Waals surface area contributed by atoms with Gasteiger partial charge >= 0.3 is 0 Å². The molecular weight excluding hydrogens is 386 g/mol. The van der Waals surface area contributed by atoms with Gasteiger partial charge in [-0.3, -0.25) is 0 Å². The molecule has 0 rings (SSSR count). The van der Waals surface area contributed by atoms with Gasteiger partial charge in [-0.2, -0.15) is 0 Å². The Labute approximate surface area is 189 Å². The highest BCUT2D eigenvalue weighted by atomic mass is 31.1. The molecule has 0 aliphatic rings. The summed E-state index contributed by atoms with van der Waals surface area (Å²) in [6.07, 6.45) is 22.1. The Morgan fingerprint density at radius 3 is 0.759 bits per heavy atom. The minimum absolute atomic E-state index is 0.262. The fourth-order valence-electron chi connectivity index (χ4n) is 4.68. The van der Waals surface area contributed by atoms with Gasteiger partial charge in [0.25, 0.3) is 0 Å². The van der Waals surface area contributed by atoms with Crippen LogP contribution in [0.1, 0.15) is 113 Å². The maximum atomic E-state index is 2.42. The van der Waals surface area contributed by atoms with E-state index in [0.717, 1.165) is 23.7 Å². The van der Waals surface area contributed by atoms with Gasteiger partial charge in [0.2, 0.25) is 0 Å². The van der Waals surface area contributed by atoms with Crippen LogP contribution in [0.25, 0.3) is 0 Å². The summed E-state index contributed by atoms with van der Waals surface area (Å²) >= 11 is 0. The summed E-state index contributed by atoms with van der Waals surface area (Å²) in [6, 6.07) is 0. The summed E-state index contributed by atoms with van der Waals surface area (Å²) in [5.74, 6) is 3.97. The summed E-state index contributed by atoms with van der Waals surface area (Å²) < 4.78 is 0. The molecule has 0 aromatic carbocycles. The maximum Gasteiger partial charge on any atom is -0.0297 e. The Balaban J connectivity index is 4.88. The smallest absolute Gasteiger partial charge is 0.0297 e. The van der Waals surface area contributed by atoms with Crippen molar-refractivity contribution in [3.63, 3.8) is 0 Å². The average Bonchev–Trinajstić information content (AvgIpc) is 2.76. The molecule has 0 bridgehead atoms. The molecule has 0 heterocycles. The van der Waals surface area contributed by atoms with Gasteiger partial charge in [-0.05, 0) is 67.1 Å². The van der Waals surface area contributed by atoms with E-state index in [4.69, 9.17) is 0 Å². The molecule has 0 radical (unpaired) electrons. The van der Waals surface area contributed by atoms with Crippen molar-refractivity contribution in [2.75, 3.05) is 37.0 Å². The molecule has 0 aliphatic heterocycles. The van der Waals surface area contributed by atoms with Crippen molar-refractivity contribution in [3.05, 3.63) is 0 Å². The van der Waals surface area contributed by atoms with E-state index in [0.29, 0.717) is 0 Å². The lowest BCUT2D eigenvalue weighted by atomic mass is 10.1. The van der Waals surface area contributed by atoms with Crippen LogP contribution in [0.3, 0.4) is 0 Å². The van der Waals surface area contributed by atoms with E-state index in [2.05, 4.69) is 55.4 Å². The van der Waals surface area contributed by atoms with Gasteiger partial charge in [-0.1, -0.05) is 107 Å². The predicted molar refractivity (Wildman–Crippen MR) is 144 cm³/mol. The van der Waals surface area contributed by atoms with Gasteiger partial charge in [0.1, 0.15) is 0 Å². The highest BCUT2D eigenvalue weighted by Crippen LogP contribution is 2.47. The van der Waals surface area contributed by atoms with E-state index in [1.54, 1.807) is 37.0 Å². The Morgan fingerprint density at radius 2 is 0.586 bits per heavy atom. The molecule has 0 atom stereocenters. The molecule has 29 heavy (non-hydrogen) atoms. The van der Waals surface area contributed by atoms with Crippen LogP contribution in [0.15, 0.2) is 0 Å². The molecule has 0 spiro atoms. The standard InChI is InChI=1S/C27H58P2/c1-9-24(10-2)20-28(21-25(11-3)12-4)18-17-19-29(22-26(13-5)14-6)23-27(15-7)16-8/h24-27H,9-23H2,1-8H3. The minimum Gasteiger partial charge on any atom is -0.106 e. The van der Waals surface area contributed by atoms with Crippen molar-refractivity contribution in [3.8, 4) is 0 Å². The van der Waals surface area contributed by atoms with Crippen LogP contribution in [0.4, 0.5) is 0 Å². The molecule has 0 saturated heterocycles. The van der Waals surface area contributed by atoms with E-state index in [9.17, 15) is 0 Å². The number of hydrogen-bond acceptors (Lipinski definition) is 0. The molecule has 0 nitrogen and oxygen atoms in total. The SMILES string of the molecule is CCC(CC)CP(CCCP(CC(CC)CC)CC(CC)CC)CC(CC)CC. The first-order chi connectivity index (χ1) is 14.0. The average molecular weight is 445 g/mol. The molecule has 0 amide bonds. The monoisotopic (exact) mass is 444 g/mol. The van der Waals surface area contributed by atoms with Crippen molar-refractivity contribution in [1.82, 2.24) is 0 Å². The molecule has 0 N–H and O–H groups in total. The molecule has 176 valence electrons. The first kappa shape index (κ1) is 29.9. The second-order valence-corrected chi connectivity index (χ2v) is 14.6. The van der Waals surface area contributed by atoms with Crippen molar-refractivity contribution in [2.24, 2.45) is 23.7 Å². The first-order valence-corrected chi connectivity index (χ1v) is 17.2. The Hall–Kier alpha value is 0.860. The van der Waals surface area contributed by atoms with E-state index >= 15 is 0 Å². The van der Waals surface area contributed by atoms with Crippen molar-refractivity contribution < 1.29 is 0 Å². The van der Waals surface area contributed by atoms with Gasteiger partial charge in [-0.25, -0.2) is 0 Å². The third kappa shape index (κ3) is 13.8. The summed E-state index contributed by atoms with van der Waals surface area (Å²) in [4.78, 5) is 0. The molecule has 0 aliphatic carbocycles. The Morgan fingerprint density at radius 1 is 0.379 bits per heavy atom. The highest BCUT2D eigenvalue weighted by Gasteiger charge is 2.20. The van der Waals surface area contributed by atoms with Crippen molar-refractivity contribution in [1.29, 1.82) is 0 Å². The second-order valence-electron chi connectivity index (χ2n) is 9.60. The molecular formula is C27H58P2. The van der Waals surface area contributed by atoms with E-state index in [-0.39, 0.29) is 15.8 Å². The first-order valence-electron chi connectivity index (χ1n) is 13.5. The highest BCUT2D eigenvalue weighted by molar-refractivity contribution is 7.58. The molecule has 0 saturated carbocycles. The van der Waals surface area contributed by atoms with Crippen molar-refractivity contribution in [2.45, 2.75) is 113 Å². The van der Waals surface area contributed by atoms with E-state index in [1.807, 2.05) is 0 Å². The van der Waals surface area contributed by atoms with Gasteiger partial charge in [0, 0.05) is 0 Å². The summed E-state index contributed by atoms with van der Waals surface area (Å²) in [5.41, 5.74) is 0. The van der Waals surface area contributed by atoms with Crippen LogP contribution in [0.5, 0.6) is 0 Å². The van der Waals surface area contributed by atoms with Crippen molar-refractivity contribution >= 4 is 15.8 Å². The van der Waals surface area contributed by atoms with Crippen LogP contribution in [0, 0.1) is 23.7 Å². The summed E-state index contributed by atoms with van der Waals surface area (Å²) in [6.45, 7) is 19.4. The largest absolute Gasteiger partial charge is 0.106 e. The Kier molecular flexibility index (Phi) is 20.1. The van der Waals surface area contributed by atoms with Crippen LogP contribution in [0.2, 0.25) is 0 Å². The number of rotatable bonds is 20. The predicted octanol–water partition coefficient (Wildman–Crippen LogP) is 10.1. The van der Waals surface area contributed by atoms with E-state index in [1.165, 1.54) is 57.8 Å². The lowest BCUT2D eigenvalue weighted by molar-refractivity contribution is 0.532. The fraction of sp³-hybridized carbons (Fsp3) is 1.00. The van der Waals surface area contributed by atoms with Gasteiger partial charge < -0.3 is 0 Å². The number of hydrogen-bond donors (Lipinski definition) is 0. The zero-order valence-corrected chi connectivity index (χ0v) is 23.6. The molecule has 0 aromatic heterocycles. The minimum atomic E-state index is 0.262. The summed E-state index contributed by atoms with van der Waals surface area (Å²) in [5, 5.41) is 0. The zero-order valence-electron chi connectivity index (χ0n) is 21.8. The molecule has 2 heteroatoms. The molecule has 0 aromatic rings. The molecule has 0 fully saturated rings. The van der Waals surface area contributed by atoms with Gasteiger partial charge in [-0.15, -0.1) is 15.8 Å². The van der Waals surface area contributed by atoms with Crippen LogP contribution < -0.4 is 0 Å². The maximum absolute atomic E-state index is 2.42. The normalized spacial score (nSPS) is 12.6. The quantitative estimate of drug-likeness (QED) is 0.164. The zero-order chi connectivity index (χ0) is 22.1. The van der Waals surface area contributed by atoms with Crippen LogP contribution in [-0.4, -0.2) is 37.0 Å². The summed E-state index contributed by atoms with van der Waals surface area (Å²) in [7, 11) is 0.524. The van der Waals surface area contributed by atoms with Crippen LogP contribution in [-0.2, 0) is 0 Å². The van der Waals surface area contributed by atoms with Gasteiger partial charge in [0.15, 0.2) is 0 Å². The lowest BCUT2D eigenvalue weighted by Crippen LogP contribution is -2.13. The Bertz CT molecular complexity index is 267. The van der Waals surface area contributed by atoms with E-state index < -0.39 is 0 Å². The fourth-order valence-corrected chi connectivity index (χ4v) is 12.2. The lowest BCUT2D eigenvalue weighted by Gasteiger charge is -2.29.